The molecule has 2 rings (SSSR count). The van der Waals surface area contributed by atoms with Crippen LogP contribution in [0.3, 0.4) is 0 Å². The molecule has 0 aromatic carbocycles. The van der Waals surface area contributed by atoms with Crippen molar-refractivity contribution in [3.05, 3.63) is 17.6 Å². The van der Waals surface area contributed by atoms with Crippen molar-refractivity contribution in [2.24, 2.45) is 0 Å². The number of hydrogen-bond donors (Lipinski definition) is 2. The zero-order chi connectivity index (χ0) is 12.4. The molecule has 0 aliphatic rings. The Kier molecular flexibility index (Phi) is 3.14. The summed E-state index contributed by atoms with van der Waals surface area (Å²) < 4.78 is 1.23. The van der Waals surface area contributed by atoms with E-state index in [2.05, 4.69) is 15.1 Å². The Morgan fingerprint density at radius 3 is 3.00 bits per heavy atom. The summed E-state index contributed by atoms with van der Waals surface area (Å²) in [5, 5.41) is 22.1. The molecule has 0 spiro atoms. The number of fused-ring (bicyclic) bond motifs is 1. The number of rotatable bonds is 4. The fraction of sp³-hybridized carbons (Fsp3) is 0.333. The highest BCUT2D eigenvalue weighted by Gasteiger charge is 2.09. The summed E-state index contributed by atoms with van der Waals surface area (Å²) in [4.78, 5) is 18.5. The van der Waals surface area contributed by atoms with E-state index in [1.165, 1.54) is 22.3 Å². The lowest BCUT2D eigenvalue weighted by Crippen LogP contribution is -1.98. The van der Waals surface area contributed by atoms with Gasteiger partial charge in [-0.1, -0.05) is 0 Å². The Labute approximate surface area is 101 Å². The maximum atomic E-state index is 10.3. The van der Waals surface area contributed by atoms with Crippen LogP contribution in [0.5, 0.6) is 5.88 Å². The van der Waals surface area contributed by atoms with Crippen LogP contribution < -0.4 is 0 Å². The van der Waals surface area contributed by atoms with E-state index >= 15 is 0 Å². The quantitative estimate of drug-likeness (QED) is 0.817. The fourth-order valence-corrected chi connectivity index (χ4v) is 1.88. The van der Waals surface area contributed by atoms with Crippen LogP contribution in [0.15, 0.2) is 6.07 Å². The summed E-state index contributed by atoms with van der Waals surface area (Å²) in [5.74, 6) is 0.213. The highest BCUT2D eigenvalue weighted by atomic mass is 32.2. The van der Waals surface area contributed by atoms with Crippen molar-refractivity contribution >= 4 is 23.5 Å². The van der Waals surface area contributed by atoms with E-state index in [1.54, 1.807) is 6.92 Å². The van der Waals surface area contributed by atoms with Crippen LogP contribution in [0, 0.1) is 6.92 Å². The van der Waals surface area contributed by atoms with E-state index in [-0.39, 0.29) is 11.6 Å². The van der Waals surface area contributed by atoms with Crippen LogP contribution >= 0.6 is 11.8 Å². The molecule has 8 heteroatoms. The van der Waals surface area contributed by atoms with E-state index in [1.807, 2.05) is 0 Å². The first kappa shape index (κ1) is 11.6. The minimum atomic E-state index is -0.879. The average molecular weight is 254 g/mol. The molecule has 0 bridgehead atoms. The Balaban J connectivity index is 2.20. The van der Waals surface area contributed by atoms with Gasteiger partial charge in [0.1, 0.15) is 0 Å². The molecule has 0 aliphatic heterocycles. The summed E-state index contributed by atoms with van der Waals surface area (Å²) in [7, 11) is 0. The van der Waals surface area contributed by atoms with Crippen LogP contribution in [0.25, 0.3) is 5.78 Å². The first-order chi connectivity index (χ1) is 8.06. The first-order valence-electron chi connectivity index (χ1n) is 4.78. The Hall–Kier alpha value is -1.83. The predicted octanol–water partition coefficient (Wildman–Crippen LogP) is 0.456. The maximum Gasteiger partial charge on any atom is 0.313 e. The van der Waals surface area contributed by atoms with Gasteiger partial charge in [0.25, 0.3) is 5.78 Å². The zero-order valence-electron chi connectivity index (χ0n) is 8.99. The summed E-state index contributed by atoms with van der Waals surface area (Å²) in [6.07, 6.45) is 0. The summed E-state index contributed by atoms with van der Waals surface area (Å²) in [6.45, 7) is 1.74. The number of nitrogens with zero attached hydrogens (tertiary/aromatic N) is 4. The number of thioether (sulfide) groups is 1. The van der Waals surface area contributed by atoms with Crippen molar-refractivity contribution in [3.8, 4) is 5.88 Å². The fourth-order valence-electron chi connectivity index (χ4n) is 1.30. The third kappa shape index (κ3) is 2.64. The van der Waals surface area contributed by atoms with Crippen molar-refractivity contribution in [1.82, 2.24) is 19.6 Å². The van der Waals surface area contributed by atoms with Gasteiger partial charge in [0.2, 0.25) is 5.88 Å². The van der Waals surface area contributed by atoms with E-state index in [0.29, 0.717) is 23.0 Å². The van der Waals surface area contributed by atoms with Crippen LogP contribution in [-0.2, 0) is 10.5 Å². The van der Waals surface area contributed by atoms with E-state index in [4.69, 9.17) is 5.11 Å². The average Bonchev–Trinajstić information content (AvgIpc) is 2.60. The highest BCUT2D eigenvalue weighted by molar-refractivity contribution is 7.99. The SMILES string of the molecule is Cc1cc(O)n2nc(CSCC(=O)O)nc2n1. The largest absolute Gasteiger partial charge is 0.493 e. The van der Waals surface area contributed by atoms with Crippen molar-refractivity contribution in [3.63, 3.8) is 0 Å². The molecule has 0 fully saturated rings. The molecule has 0 saturated heterocycles. The van der Waals surface area contributed by atoms with Gasteiger partial charge in [-0.15, -0.1) is 16.9 Å². The predicted molar refractivity (Wildman–Crippen MR) is 61.0 cm³/mol. The lowest BCUT2D eigenvalue weighted by atomic mass is 10.4. The number of aromatic hydroxyl groups is 1. The van der Waals surface area contributed by atoms with Crippen molar-refractivity contribution < 1.29 is 15.0 Å². The van der Waals surface area contributed by atoms with Gasteiger partial charge < -0.3 is 10.2 Å². The van der Waals surface area contributed by atoms with Gasteiger partial charge in [0, 0.05) is 11.8 Å². The summed E-state index contributed by atoms with van der Waals surface area (Å²) in [5.41, 5.74) is 0.645. The molecule has 0 radical (unpaired) electrons. The minimum Gasteiger partial charge on any atom is -0.493 e. The highest BCUT2D eigenvalue weighted by Crippen LogP contribution is 2.14. The molecular formula is C9H10N4O3S. The molecule has 90 valence electrons. The number of aryl methyl sites for hydroxylation is 1. The van der Waals surface area contributed by atoms with Crippen LogP contribution in [0.4, 0.5) is 0 Å². The molecule has 0 atom stereocenters. The number of carboxylic acid groups (broad SMARTS) is 1. The molecule has 0 saturated carbocycles. The number of aliphatic carboxylic acids is 1. The lowest BCUT2D eigenvalue weighted by molar-refractivity contribution is -0.133. The summed E-state index contributed by atoms with van der Waals surface area (Å²) in [6, 6.07) is 1.48. The van der Waals surface area contributed by atoms with E-state index in [0.717, 1.165) is 0 Å². The van der Waals surface area contributed by atoms with E-state index < -0.39 is 5.97 Å². The van der Waals surface area contributed by atoms with Crippen molar-refractivity contribution in [1.29, 1.82) is 0 Å². The van der Waals surface area contributed by atoms with Gasteiger partial charge in [-0.05, 0) is 6.92 Å². The van der Waals surface area contributed by atoms with Gasteiger partial charge in [-0.2, -0.15) is 9.50 Å². The minimum absolute atomic E-state index is 0.00596. The molecule has 7 nitrogen and oxygen atoms in total. The summed E-state index contributed by atoms with van der Waals surface area (Å²) >= 11 is 1.19. The number of aromatic nitrogens is 4. The van der Waals surface area contributed by atoms with Crippen molar-refractivity contribution in [2.45, 2.75) is 12.7 Å². The van der Waals surface area contributed by atoms with Gasteiger partial charge >= 0.3 is 5.97 Å². The number of carbonyl (C=O) groups is 1. The van der Waals surface area contributed by atoms with Crippen LogP contribution in [0.1, 0.15) is 11.5 Å². The van der Waals surface area contributed by atoms with Gasteiger partial charge in [0.05, 0.1) is 11.5 Å². The number of carboxylic acids is 1. The number of hydrogen-bond acceptors (Lipinski definition) is 6. The Morgan fingerprint density at radius 1 is 1.53 bits per heavy atom. The zero-order valence-corrected chi connectivity index (χ0v) is 9.81. The lowest BCUT2D eigenvalue weighted by Gasteiger charge is -1.95. The molecule has 17 heavy (non-hydrogen) atoms. The second-order valence-electron chi connectivity index (χ2n) is 3.38. The van der Waals surface area contributed by atoms with E-state index in [9.17, 15) is 9.90 Å². The Bertz CT molecular complexity index is 569. The van der Waals surface area contributed by atoms with Crippen LogP contribution in [0.2, 0.25) is 0 Å². The smallest absolute Gasteiger partial charge is 0.313 e. The third-order valence-electron chi connectivity index (χ3n) is 1.92. The molecule has 2 N–H and O–H groups in total. The van der Waals surface area contributed by atoms with Crippen LogP contribution in [-0.4, -0.2) is 41.5 Å². The second-order valence-corrected chi connectivity index (χ2v) is 4.37. The molecule has 0 unspecified atom stereocenters. The third-order valence-corrected chi connectivity index (χ3v) is 2.84. The monoisotopic (exact) mass is 254 g/mol. The molecule has 2 heterocycles. The Morgan fingerprint density at radius 2 is 2.29 bits per heavy atom. The standard InChI is InChI=1S/C9H10N4O3S/c1-5-2-7(14)13-9(10-5)11-6(12-13)3-17-4-8(15)16/h2,14H,3-4H2,1H3,(H,15,16). The molecule has 2 aromatic heterocycles. The maximum absolute atomic E-state index is 10.3. The molecular weight excluding hydrogens is 244 g/mol. The molecule has 0 aliphatic carbocycles. The van der Waals surface area contributed by atoms with Gasteiger partial charge in [0.15, 0.2) is 5.82 Å². The molecule has 0 amide bonds. The van der Waals surface area contributed by atoms with Gasteiger partial charge in [-0.25, -0.2) is 4.98 Å². The topological polar surface area (TPSA) is 101 Å². The normalized spacial score (nSPS) is 10.9. The molecule has 2 aromatic rings. The second kappa shape index (κ2) is 4.58. The van der Waals surface area contributed by atoms with Gasteiger partial charge in [-0.3, -0.25) is 4.79 Å². The van der Waals surface area contributed by atoms with Crippen molar-refractivity contribution in [2.75, 3.05) is 5.75 Å². The first-order valence-corrected chi connectivity index (χ1v) is 5.93.